The Labute approximate surface area is 77.9 Å². The maximum atomic E-state index is 11.5. The first-order valence-electron chi connectivity index (χ1n) is 4.94. The third kappa shape index (κ3) is 1.90. The lowest BCUT2D eigenvalue weighted by molar-refractivity contribution is -0.127. The lowest BCUT2D eigenvalue weighted by Crippen LogP contribution is -2.33. The molecule has 72 valence electrons. The third-order valence-corrected chi connectivity index (χ3v) is 3.13. The van der Waals surface area contributed by atoms with Crippen LogP contribution in [0.25, 0.3) is 0 Å². The van der Waals surface area contributed by atoms with Crippen LogP contribution in [0.1, 0.15) is 26.2 Å². The zero-order chi connectivity index (χ0) is 9.42. The van der Waals surface area contributed by atoms with Crippen LogP contribution in [0.3, 0.4) is 0 Å². The van der Waals surface area contributed by atoms with E-state index in [2.05, 4.69) is 5.32 Å². The van der Waals surface area contributed by atoms with E-state index in [1.54, 1.807) is 0 Å². The molecule has 0 bridgehead atoms. The Balaban J connectivity index is 1.74. The SMILES string of the molecule is CC(=O)CNC(=O)C1CC2CC2C1. The van der Waals surface area contributed by atoms with Gasteiger partial charge in [-0.2, -0.15) is 0 Å². The van der Waals surface area contributed by atoms with Crippen molar-refractivity contribution in [3.05, 3.63) is 0 Å². The summed E-state index contributed by atoms with van der Waals surface area (Å²) in [7, 11) is 0. The second kappa shape index (κ2) is 3.13. The Morgan fingerprint density at radius 3 is 2.38 bits per heavy atom. The molecule has 2 fully saturated rings. The fourth-order valence-corrected chi connectivity index (χ4v) is 2.28. The van der Waals surface area contributed by atoms with Crippen LogP contribution in [0.5, 0.6) is 0 Å². The molecule has 3 nitrogen and oxygen atoms in total. The van der Waals surface area contributed by atoms with Crippen LogP contribution < -0.4 is 5.32 Å². The lowest BCUT2D eigenvalue weighted by atomic mass is 10.0. The fraction of sp³-hybridized carbons (Fsp3) is 0.800. The minimum atomic E-state index is 0.0245. The van der Waals surface area contributed by atoms with Gasteiger partial charge in [0.2, 0.25) is 5.91 Å². The van der Waals surface area contributed by atoms with E-state index in [1.807, 2.05) is 0 Å². The molecule has 2 aliphatic rings. The normalized spacial score (nSPS) is 35.3. The van der Waals surface area contributed by atoms with E-state index in [0.29, 0.717) is 0 Å². The lowest BCUT2D eigenvalue weighted by Gasteiger charge is -2.10. The van der Waals surface area contributed by atoms with Gasteiger partial charge >= 0.3 is 0 Å². The average molecular weight is 181 g/mol. The summed E-state index contributed by atoms with van der Waals surface area (Å²) in [6.45, 7) is 1.69. The summed E-state index contributed by atoms with van der Waals surface area (Å²) in [5.41, 5.74) is 0. The van der Waals surface area contributed by atoms with Gasteiger partial charge in [-0.1, -0.05) is 0 Å². The number of carbonyl (C=O) groups is 2. The molecule has 0 aromatic rings. The van der Waals surface area contributed by atoms with Gasteiger partial charge in [0.1, 0.15) is 5.78 Å². The van der Waals surface area contributed by atoms with Crippen LogP contribution in [0.4, 0.5) is 0 Å². The topological polar surface area (TPSA) is 46.2 Å². The fourth-order valence-electron chi connectivity index (χ4n) is 2.28. The number of nitrogens with one attached hydrogen (secondary N) is 1. The molecule has 2 rings (SSSR count). The highest BCUT2D eigenvalue weighted by Gasteiger charge is 2.47. The van der Waals surface area contributed by atoms with Gasteiger partial charge < -0.3 is 5.32 Å². The molecule has 0 saturated heterocycles. The number of amides is 1. The molecular weight excluding hydrogens is 166 g/mol. The van der Waals surface area contributed by atoms with Crippen molar-refractivity contribution in [1.82, 2.24) is 5.32 Å². The maximum absolute atomic E-state index is 11.5. The molecule has 0 aliphatic heterocycles. The van der Waals surface area contributed by atoms with Gasteiger partial charge in [-0.15, -0.1) is 0 Å². The molecule has 1 N–H and O–H groups in total. The minimum absolute atomic E-state index is 0.0245. The van der Waals surface area contributed by atoms with Crippen molar-refractivity contribution in [3.63, 3.8) is 0 Å². The Bertz CT molecular complexity index is 239. The van der Waals surface area contributed by atoms with Crippen LogP contribution in [-0.2, 0) is 9.59 Å². The quantitative estimate of drug-likeness (QED) is 0.698. The average Bonchev–Trinajstić information content (AvgIpc) is 2.69. The van der Waals surface area contributed by atoms with E-state index in [-0.39, 0.29) is 24.2 Å². The predicted octanol–water partition coefficient (Wildman–Crippen LogP) is 0.738. The van der Waals surface area contributed by atoms with Crippen LogP contribution in [0, 0.1) is 17.8 Å². The van der Waals surface area contributed by atoms with Crippen molar-refractivity contribution < 1.29 is 9.59 Å². The molecule has 0 heterocycles. The molecule has 3 heteroatoms. The van der Waals surface area contributed by atoms with E-state index >= 15 is 0 Å². The van der Waals surface area contributed by atoms with E-state index in [1.165, 1.54) is 13.3 Å². The van der Waals surface area contributed by atoms with E-state index in [0.717, 1.165) is 24.7 Å². The molecular formula is C10H15NO2. The molecule has 1 amide bonds. The van der Waals surface area contributed by atoms with E-state index < -0.39 is 0 Å². The van der Waals surface area contributed by atoms with Crippen LogP contribution in [0.15, 0.2) is 0 Å². The molecule has 2 aliphatic carbocycles. The van der Waals surface area contributed by atoms with Crippen LogP contribution >= 0.6 is 0 Å². The van der Waals surface area contributed by atoms with Gasteiger partial charge in [0.05, 0.1) is 6.54 Å². The second-order valence-electron chi connectivity index (χ2n) is 4.34. The first-order chi connectivity index (χ1) is 6.16. The summed E-state index contributed by atoms with van der Waals surface area (Å²) in [5, 5.41) is 2.68. The van der Waals surface area contributed by atoms with Crippen LogP contribution in [0.2, 0.25) is 0 Å². The zero-order valence-electron chi connectivity index (χ0n) is 7.88. The van der Waals surface area contributed by atoms with Gasteiger partial charge in [0, 0.05) is 5.92 Å². The first-order valence-corrected chi connectivity index (χ1v) is 4.94. The summed E-state index contributed by atoms with van der Waals surface area (Å²) < 4.78 is 0. The smallest absolute Gasteiger partial charge is 0.223 e. The van der Waals surface area contributed by atoms with Crippen molar-refractivity contribution in [2.75, 3.05) is 6.54 Å². The number of hydrogen-bond donors (Lipinski definition) is 1. The molecule has 0 radical (unpaired) electrons. The van der Waals surface area contributed by atoms with Crippen LogP contribution in [-0.4, -0.2) is 18.2 Å². The molecule has 0 aromatic carbocycles. The Kier molecular flexibility index (Phi) is 2.10. The molecule has 2 atom stereocenters. The Morgan fingerprint density at radius 2 is 1.85 bits per heavy atom. The number of hydrogen-bond acceptors (Lipinski definition) is 2. The number of rotatable bonds is 3. The largest absolute Gasteiger partial charge is 0.349 e. The predicted molar refractivity (Wildman–Crippen MR) is 48.0 cm³/mol. The highest BCUT2D eigenvalue weighted by Crippen LogP contribution is 2.54. The van der Waals surface area contributed by atoms with E-state index in [4.69, 9.17) is 0 Å². The molecule has 2 saturated carbocycles. The van der Waals surface area contributed by atoms with Crippen molar-refractivity contribution in [2.24, 2.45) is 17.8 Å². The van der Waals surface area contributed by atoms with Gasteiger partial charge in [-0.3, -0.25) is 9.59 Å². The van der Waals surface area contributed by atoms with Crippen molar-refractivity contribution in [2.45, 2.75) is 26.2 Å². The Hall–Kier alpha value is -0.860. The summed E-state index contributed by atoms with van der Waals surface area (Å²) in [4.78, 5) is 22.1. The summed E-state index contributed by atoms with van der Waals surface area (Å²) in [6, 6.07) is 0. The van der Waals surface area contributed by atoms with Gasteiger partial charge in [0.15, 0.2) is 0 Å². The number of fused-ring (bicyclic) bond motifs is 1. The molecule has 13 heavy (non-hydrogen) atoms. The van der Waals surface area contributed by atoms with Gasteiger partial charge in [-0.05, 0) is 38.0 Å². The zero-order valence-corrected chi connectivity index (χ0v) is 7.88. The first kappa shape index (κ1) is 8.73. The molecule has 0 aromatic heterocycles. The van der Waals surface area contributed by atoms with Gasteiger partial charge in [0.25, 0.3) is 0 Å². The highest BCUT2D eigenvalue weighted by molar-refractivity contribution is 5.85. The van der Waals surface area contributed by atoms with Crippen molar-refractivity contribution in [3.8, 4) is 0 Å². The number of ketones is 1. The summed E-state index contributed by atoms with van der Waals surface area (Å²) in [5.74, 6) is 1.96. The monoisotopic (exact) mass is 181 g/mol. The van der Waals surface area contributed by atoms with Crippen molar-refractivity contribution in [1.29, 1.82) is 0 Å². The minimum Gasteiger partial charge on any atom is -0.349 e. The highest BCUT2D eigenvalue weighted by atomic mass is 16.2. The number of Topliss-reactive ketones (excluding diaryl/α,β-unsaturated/α-hetero) is 1. The Morgan fingerprint density at radius 1 is 1.23 bits per heavy atom. The van der Waals surface area contributed by atoms with Crippen molar-refractivity contribution >= 4 is 11.7 Å². The van der Waals surface area contributed by atoms with E-state index in [9.17, 15) is 9.59 Å². The molecule has 2 unspecified atom stereocenters. The van der Waals surface area contributed by atoms with Gasteiger partial charge in [-0.25, -0.2) is 0 Å². The second-order valence-corrected chi connectivity index (χ2v) is 4.34. The number of carbonyl (C=O) groups excluding carboxylic acids is 2. The maximum Gasteiger partial charge on any atom is 0.223 e. The summed E-state index contributed by atoms with van der Waals surface area (Å²) >= 11 is 0. The third-order valence-electron chi connectivity index (χ3n) is 3.13. The standard InChI is InChI=1S/C10H15NO2/c1-6(12)5-11-10(13)9-3-7-2-8(7)4-9/h7-9H,2-5H2,1H3,(H,11,13). The summed E-state index contributed by atoms with van der Waals surface area (Å²) in [6.07, 6.45) is 3.43. The molecule has 0 spiro atoms.